The summed E-state index contributed by atoms with van der Waals surface area (Å²) in [5, 5.41) is 0. The maximum absolute atomic E-state index is 13.1. The third-order valence-electron chi connectivity index (χ3n) is 1.79. The van der Waals surface area contributed by atoms with Gasteiger partial charge in [-0.1, -0.05) is 12.2 Å². The van der Waals surface area contributed by atoms with E-state index in [0.29, 0.717) is 12.1 Å². The number of hydrogen-bond acceptors (Lipinski definition) is 3. The van der Waals surface area contributed by atoms with Gasteiger partial charge in [-0.15, -0.1) is 0 Å². The van der Waals surface area contributed by atoms with Crippen LogP contribution in [0.25, 0.3) is 6.08 Å². The molecule has 0 bridgehead atoms. The number of halogens is 1. The van der Waals surface area contributed by atoms with E-state index in [1.54, 1.807) is 18.2 Å². The molecule has 1 rings (SSSR count). The van der Waals surface area contributed by atoms with Crippen molar-refractivity contribution in [2.45, 2.75) is 0 Å². The molecule has 4 heteroatoms. The Hall–Kier alpha value is -1.68. The molecule has 1 aromatic carbocycles. The Labute approximate surface area is 87.3 Å². The summed E-state index contributed by atoms with van der Waals surface area (Å²) in [6.45, 7) is 0.365. The zero-order valence-corrected chi connectivity index (χ0v) is 8.37. The smallest absolute Gasteiger partial charge is 0.337 e. The molecule has 0 amide bonds. The zero-order chi connectivity index (χ0) is 11.3. The summed E-state index contributed by atoms with van der Waals surface area (Å²) in [5.74, 6) is -1.04. The van der Waals surface area contributed by atoms with Crippen LogP contribution in [0, 0.1) is 5.82 Å². The van der Waals surface area contributed by atoms with Crippen LogP contribution in [0.3, 0.4) is 0 Å². The monoisotopic (exact) mass is 209 g/mol. The standard InChI is InChI=1S/C11H12FNO2/c1-15-11(14)9-5-8(3-2-4-13)6-10(12)7-9/h2-3,5-7H,4,13H2,1H3. The maximum atomic E-state index is 13.1. The van der Waals surface area contributed by atoms with Crippen LogP contribution >= 0.6 is 0 Å². The molecule has 1 aromatic rings. The molecule has 3 nitrogen and oxygen atoms in total. The van der Waals surface area contributed by atoms with Crippen molar-refractivity contribution in [2.24, 2.45) is 5.73 Å². The molecule has 0 fully saturated rings. The Morgan fingerprint density at radius 2 is 2.27 bits per heavy atom. The fourth-order valence-electron chi connectivity index (χ4n) is 1.15. The van der Waals surface area contributed by atoms with Gasteiger partial charge in [0.25, 0.3) is 0 Å². The zero-order valence-electron chi connectivity index (χ0n) is 8.37. The number of carbonyl (C=O) groups excluding carboxylic acids is 1. The molecular formula is C11H12FNO2. The molecule has 0 aliphatic carbocycles. The third-order valence-corrected chi connectivity index (χ3v) is 1.79. The quantitative estimate of drug-likeness (QED) is 0.769. The van der Waals surface area contributed by atoms with E-state index >= 15 is 0 Å². The van der Waals surface area contributed by atoms with E-state index in [1.165, 1.54) is 13.2 Å². The highest BCUT2D eigenvalue weighted by molar-refractivity contribution is 5.90. The van der Waals surface area contributed by atoms with Gasteiger partial charge in [0.05, 0.1) is 12.7 Å². The fraction of sp³-hybridized carbons (Fsp3) is 0.182. The number of nitrogens with two attached hydrogens (primary N) is 1. The number of benzene rings is 1. The molecule has 0 unspecified atom stereocenters. The predicted octanol–water partition coefficient (Wildman–Crippen LogP) is 1.58. The van der Waals surface area contributed by atoms with Gasteiger partial charge in [0.2, 0.25) is 0 Å². The van der Waals surface area contributed by atoms with Crippen LogP contribution in [0.1, 0.15) is 15.9 Å². The van der Waals surface area contributed by atoms with Gasteiger partial charge in [0, 0.05) is 6.54 Å². The van der Waals surface area contributed by atoms with Gasteiger partial charge in [-0.05, 0) is 23.8 Å². The molecule has 0 saturated carbocycles. The normalized spacial score (nSPS) is 10.6. The second-order valence-electron chi connectivity index (χ2n) is 2.90. The summed E-state index contributed by atoms with van der Waals surface area (Å²) in [4.78, 5) is 11.2. The van der Waals surface area contributed by atoms with Crippen LogP contribution in [0.2, 0.25) is 0 Å². The van der Waals surface area contributed by atoms with E-state index in [-0.39, 0.29) is 5.56 Å². The second kappa shape index (κ2) is 5.26. The van der Waals surface area contributed by atoms with Gasteiger partial charge < -0.3 is 10.5 Å². The fourth-order valence-corrected chi connectivity index (χ4v) is 1.15. The molecule has 0 aliphatic rings. The van der Waals surface area contributed by atoms with Crippen molar-refractivity contribution >= 4 is 12.0 Å². The number of hydrogen-bond donors (Lipinski definition) is 1. The minimum atomic E-state index is -0.558. The van der Waals surface area contributed by atoms with Crippen LogP contribution in [0.5, 0.6) is 0 Å². The first-order chi connectivity index (χ1) is 7.17. The molecule has 15 heavy (non-hydrogen) atoms. The SMILES string of the molecule is COC(=O)c1cc(F)cc(C=CCN)c1. The number of ether oxygens (including phenoxy) is 1. The van der Waals surface area contributed by atoms with Gasteiger partial charge in [-0.2, -0.15) is 0 Å². The first-order valence-electron chi connectivity index (χ1n) is 4.43. The van der Waals surface area contributed by atoms with E-state index in [2.05, 4.69) is 4.74 Å². The highest BCUT2D eigenvalue weighted by Crippen LogP contribution is 2.11. The van der Waals surface area contributed by atoms with Crippen LogP contribution < -0.4 is 5.73 Å². The Kier molecular flexibility index (Phi) is 4.00. The number of esters is 1. The van der Waals surface area contributed by atoms with Crippen molar-refractivity contribution in [3.8, 4) is 0 Å². The summed E-state index contributed by atoms with van der Waals surface area (Å²) in [6, 6.07) is 3.99. The number of carbonyl (C=O) groups is 1. The molecule has 0 heterocycles. The van der Waals surface area contributed by atoms with Crippen LogP contribution in [0.15, 0.2) is 24.3 Å². The molecule has 0 spiro atoms. The lowest BCUT2D eigenvalue weighted by molar-refractivity contribution is 0.0600. The molecule has 80 valence electrons. The van der Waals surface area contributed by atoms with Crippen LogP contribution in [-0.2, 0) is 4.74 Å². The average molecular weight is 209 g/mol. The topological polar surface area (TPSA) is 52.3 Å². The van der Waals surface area contributed by atoms with Crippen molar-refractivity contribution in [2.75, 3.05) is 13.7 Å². The number of rotatable bonds is 3. The summed E-state index contributed by atoms with van der Waals surface area (Å²) in [6.07, 6.45) is 3.32. The molecule has 0 aliphatic heterocycles. The Morgan fingerprint density at radius 1 is 1.53 bits per heavy atom. The first-order valence-corrected chi connectivity index (χ1v) is 4.43. The van der Waals surface area contributed by atoms with Crippen molar-refractivity contribution in [1.82, 2.24) is 0 Å². The third kappa shape index (κ3) is 3.18. The van der Waals surface area contributed by atoms with Gasteiger partial charge in [-0.3, -0.25) is 0 Å². The maximum Gasteiger partial charge on any atom is 0.337 e. The van der Waals surface area contributed by atoms with Gasteiger partial charge in [0.1, 0.15) is 5.82 Å². The highest BCUT2D eigenvalue weighted by atomic mass is 19.1. The summed E-state index contributed by atoms with van der Waals surface area (Å²) >= 11 is 0. The van der Waals surface area contributed by atoms with Gasteiger partial charge >= 0.3 is 5.97 Å². The summed E-state index contributed by atoms with van der Waals surface area (Å²) in [7, 11) is 1.25. The average Bonchev–Trinajstić information content (AvgIpc) is 2.24. The van der Waals surface area contributed by atoms with E-state index in [0.717, 1.165) is 6.07 Å². The molecular weight excluding hydrogens is 197 g/mol. The van der Waals surface area contributed by atoms with Crippen molar-refractivity contribution in [3.63, 3.8) is 0 Å². The molecule has 0 atom stereocenters. The summed E-state index contributed by atoms with van der Waals surface area (Å²) in [5.41, 5.74) is 6.04. The Balaban J connectivity index is 3.05. The predicted molar refractivity (Wildman–Crippen MR) is 55.8 cm³/mol. The lowest BCUT2D eigenvalue weighted by Gasteiger charge is -2.01. The second-order valence-corrected chi connectivity index (χ2v) is 2.90. The van der Waals surface area contributed by atoms with E-state index in [1.807, 2.05) is 0 Å². The van der Waals surface area contributed by atoms with E-state index in [9.17, 15) is 9.18 Å². The number of methoxy groups -OCH3 is 1. The van der Waals surface area contributed by atoms with Crippen LogP contribution in [0.4, 0.5) is 4.39 Å². The minimum Gasteiger partial charge on any atom is -0.465 e. The lowest BCUT2D eigenvalue weighted by Crippen LogP contribution is -2.02. The Morgan fingerprint density at radius 3 is 2.87 bits per heavy atom. The molecule has 0 aromatic heterocycles. The van der Waals surface area contributed by atoms with E-state index < -0.39 is 11.8 Å². The Bertz CT molecular complexity index is 388. The minimum absolute atomic E-state index is 0.189. The molecule has 2 N–H and O–H groups in total. The van der Waals surface area contributed by atoms with Crippen molar-refractivity contribution < 1.29 is 13.9 Å². The highest BCUT2D eigenvalue weighted by Gasteiger charge is 2.07. The van der Waals surface area contributed by atoms with Gasteiger partial charge in [0.15, 0.2) is 0 Å². The molecule has 0 saturated heterocycles. The first kappa shape index (κ1) is 11.4. The largest absolute Gasteiger partial charge is 0.465 e. The van der Waals surface area contributed by atoms with Crippen molar-refractivity contribution in [1.29, 1.82) is 0 Å². The van der Waals surface area contributed by atoms with Gasteiger partial charge in [-0.25, -0.2) is 9.18 Å². The van der Waals surface area contributed by atoms with E-state index in [4.69, 9.17) is 5.73 Å². The van der Waals surface area contributed by atoms with Crippen LogP contribution in [-0.4, -0.2) is 19.6 Å². The molecule has 0 radical (unpaired) electrons. The van der Waals surface area contributed by atoms with Crippen molar-refractivity contribution in [3.05, 3.63) is 41.2 Å². The lowest BCUT2D eigenvalue weighted by atomic mass is 10.1. The summed E-state index contributed by atoms with van der Waals surface area (Å²) < 4.78 is 17.6.